The molecule has 0 aliphatic carbocycles. The highest BCUT2D eigenvalue weighted by molar-refractivity contribution is 7.16. The second kappa shape index (κ2) is 6.04. The van der Waals surface area contributed by atoms with Crippen LogP contribution in [0.4, 0.5) is 5.69 Å². The van der Waals surface area contributed by atoms with E-state index >= 15 is 0 Å². The molecule has 4 aromatic carbocycles. The van der Waals surface area contributed by atoms with E-state index in [0.29, 0.717) is 0 Å². The van der Waals surface area contributed by atoms with Gasteiger partial charge in [0.05, 0.1) is 10.6 Å². The summed E-state index contributed by atoms with van der Waals surface area (Å²) < 4.78 is 0. The van der Waals surface area contributed by atoms with Gasteiger partial charge < -0.3 is 0 Å². The molecule has 0 amide bonds. The van der Waals surface area contributed by atoms with Crippen LogP contribution in [0.15, 0.2) is 72.2 Å². The second-order valence-corrected chi connectivity index (χ2v) is 8.17. The zero-order valence-electron chi connectivity index (χ0n) is 15.4. The van der Waals surface area contributed by atoms with Crippen LogP contribution < -0.4 is 0 Å². The fraction of sp³-hybridized carbons (Fsp3) is 0.0800. The smallest absolute Gasteiger partial charge is 0.0847 e. The molecule has 0 N–H and O–H groups in total. The molecule has 0 atom stereocenters. The Kier molecular flexibility index (Phi) is 3.63. The van der Waals surface area contributed by atoms with Crippen LogP contribution in [0.2, 0.25) is 0 Å². The Bertz CT molecular complexity index is 1340. The molecule has 1 nitrogen and oxygen atoms in total. The van der Waals surface area contributed by atoms with Crippen LogP contribution in [0.5, 0.6) is 0 Å². The van der Waals surface area contributed by atoms with E-state index in [9.17, 15) is 0 Å². The van der Waals surface area contributed by atoms with Crippen molar-refractivity contribution in [1.82, 2.24) is 0 Å². The van der Waals surface area contributed by atoms with E-state index in [1.54, 1.807) is 12.3 Å². The fourth-order valence-corrected chi connectivity index (χ4v) is 5.16. The molecule has 0 unspecified atom stereocenters. The molecule has 0 saturated heterocycles. The van der Waals surface area contributed by atoms with Crippen molar-refractivity contribution in [3.63, 3.8) is 0 Å². The molecule has 2 heteroatoms. The lowest BCUT2D eigenvalue weighted by Gasteiger charge is -2.13. The van der Waals surface area contributed by atoms with Gasteiger partial charge >= 0.3 is 0 Å². The van der Waals surface area contributed by atoms with E-state index < -0.39 is 0 Å². The maximum Gasteiger partial charge on any atom is 0.0847 e. The molecule has 27 heavy (non-hydrogen) atoms. The zero-order chi connectivity index (χ0) is 18.5. The molecule has 0 aliphatic rings. The van der Waals surface area contributed by atoms with Gasteiger partial charge in [0.15, 0.2) is 0 Å². The number of allylic oxidation sites excluding steroid dienone is 1. The van der Waals surface area contributed by atoms with Gasteiger partial charge in [-0.25, -0.2) is 0 Å². The van der Waals surface area contributed by atoms with Crippen molar-refractivity contribution in [2.24, 2.45) is 4.99 Å². The molecule has 1 heterocycles. The summed E-state index contributed by atoms with van der Waals surface area (Å²) in [5.74, 6) is 0. The number of aliphatic imine (C=N–C) groups is 1. The van der Waals surface area contributed by atoms with Crippen molar-refractivity contribution in [1.29, 1.82) is 0 Å². The normalized spacial score (nSPS) is 12.1. The van der Waals surface area contributed by atoms with E-state index in [4.69, 9.17) is 4.99 Å². The molecule has 0 spiro atoms. The van der Waals surface area contributed by atoms with Gasteiger partial charge in [-0.2, -0.15) is 0 Å². The van der Waals surface area contributed by atoms with Crippen LogP contribution in [0.25, 0.3) is 42.8 Å². The Labute approximate surface area is 162 Å². The molecule has 0 aliphatic heterocycles. The van der Waals surface area contributed by atoms with Crippen molar-refractivity contribution < 1.29 is 0 Å². The first-order chi connectivity index (χ1) is 13.2. The summed E-state index contributed by atoms with van der Waals surface area (Å²) in [5.41, 5.74) is 3.57. The van der Waals surface area contributed by atoms with Crippen LogP contribution in [-0.4, -0.2) is 6.21 Å². The minimum Gasteiger partial charge on any atom is -0.255 e. The summed E-state index contributed by atoms with van der Waals surface area (Å²) >= 11 is 1.83. The maximum absolute atomic E-state index is 4.70. The topological polar surface area (TPSA) is 12.4 Å². The Morgan fingerprint density at radius 3 is 2.26 bits per heavy atom. The van der Waals surface area contributed by atoms with Crippen LogP contribution in [0.3, 0.4) is 0 Å². The minimum atomic E-state index is 1.06. The van der Waals surface area contributed by atoms with E-state index in [1.165, 1.54) is 53.2 Å². The van der Waals surface area contributed by atoms with E-state index in [1.807, 2.05) is 11.3 Å². The fourth-order valence-electron chi connectivity index (χ4n) is 4.01. The van der Waals surface area contributed by atoms with E-state index in [2.05, 4.69) is 75.0 Å². The Balaban J connectivity index is 1.92. The molecule has 0 fully saturated rings. The van der Waals surface area contributed by atoms with Crippen LogP contribution in [0, 0.1) is 13.8 Å². The first kappa shape index (κ1) is 16.2. The molecule has 0 saturated carbocycles. The van der Waals surface area contributed by atoms with Crippen molar-refractivity contribution in [2.75, 3.05) is 0 Å². The third-order valence-electron chi connectivity index (χ3n) is 5.44. The Morgan fingerprint density at radius 1 is 0.852 bits per heavy atom. The summed E-state index contributed by atoms with van der Waals surface area (Å²) in [6.07, 6.45) is 3.52. The van der Waals surface area contributed by atoms with Crippen molar-refractivity contribution in [3.8, 4) is 10.4 Å². The second-order valence-electron chi connectivity index (χ2n) is 6.94. The van der Waals surface area contributed by atoms with Crippen molar-refractivity contribution in [3.05, 3.63) is 77.7 Å². The summed E-state index contributed by atoms with van der Waals surface area (Å²) in [6, 6.07) is 20.0. The number of aryl methyl sites for hydroxylation is 1. The van der Waals surface area contributed by atoms with Gasteiger partial charge in [-0.05, 0) is 51.7 Å². The zero-order valence-corrected chi connectivity index (χ0v) is 16.2. The molecule has 130 valence electrons. The van der Waals surface area contributed by atoms with Gasteiger partial charge in [0.25, 0.3) is 0 Å². The van der Waals surface area contributed by atoms with Crippen molar-refractivity contribution >= 4 is 55.6 Å². The molecule has 5 aromatic rings. The first-order valence-corrected chi connectivity index (χ1v) is 9.92. The Hall–Kier alpha value is -2.97. The van der Waals surface area contributed by atoms with Crippen molar-refractivity contribution in [2.45, 2.75) is 13.8 Å². The quantitative estimate of drug-likeness (QED) is 0.228. The van der Waals surface area contributed by atoms with Gasteiger partial charge in [-0.15, -0.1) is 11.3 Å². The largest absolute Gasteiger partial charge is 0.255 e. The lowest BCUT2D eigenvalue weighted by molar-refractivity contribution is 1.40. The Morgan fingerprint density at radius 2 is 1.52 bits per heavy atom. The number of hydrogen-bond acceptors (Lipinski definition) is 2. The van der Waals surface area contributed by atoms with Crippen LogP contribution in [0.1, 0.15) is 10.4 Å². The summed E-state index contributed by atoms with van der Waals surface area (Å²) in [7, 11) is 0. The summed E-state index contributed by atoms with van der Waals surface area (Å²) in [5, 5.41) is 7.89. The number of hydrogen-bond donors (Lipinski definition) is 0. The highest BCUT2D eigenvalue weighted by Gasteiger charge is 2.17. The number of thiophene rings is 1. The lowest BCUT2D eigenvalue weighted by atomic mass is 9.91. The monoisotopic (exact) mass is 365 g/mol. The SMILES string of the molecule is C=C/C=N\c1c(-c2ccc3ccc4cccc5ccc2c3c45)sc(C)c1C. The summed E-state index contributed by atoms with van der Waals surface area (Å²) in [4.78, 5) is 7.25. The third-order valence-corrected chi connectivity index (χ3v) is 6.67. The van der Waals surface area contributed by atoms with Crippen LogP contribution >= 0.6 is 11.3 Å². The van der Waals surface area contributed by atoms with Gasteiger partial charge in [0.1, 0.15) is 0 Å². The standard InChI is InChI=1S/C25H19NS/c1-4-14-26-24-15(2)16(3)27-25(24)21-13-11-19-9-8-17-6-5-7-18-10-12-20(21)23(19)22(17)18/h4-14H,1H2,2-3H3/b26-14-. The molecule has 5 rings (SSSR count). The van der Waals surface area contributed by atoms with Gasteiger partial charge in [0, 0.05) is 16.7 Å². The molecule has 0 bridgehead atoms. The maximum atomic E-state index is 4.70. The van der Waals surface area contributed by atoms with Gasteiger partial charge in [-0.3, -0.25) is 4.99 Å². The van der Waals surface area contributed by atoms with E-state index in [-0.39, 0.29) is 0 Å². The highest BCUT2D eigenvalue weighted by Crippen LogP contribution is 2.46. The van der Waals surface area contributed by atoms with E-state index in [0.717, 1.165) is 5.69 Å². The first-order valence-electron chi connectivity index (χ1n) is 9.11. The average molecular weight is 366 g/mol. The minimum absolute atomic E-state index is 1.06. The highest BCUT2D eigenvalue weighted by atomic mass is 32.1. The molecule has 0 radical (unpaired) electrons. The molecule has 1 aromatic heterocycles. The van der Waals surface area contributed by atoms with Crippen LogP contribution in [-0.2, 0) is 0 Å². The van der Waals surface area contributed by atoms with Gasteiger partial charge in [0.2, 0.25) is 0 Å². The lowest BCUT2D eigenvalue weighted by Crippen LogP contribution is -1.86. The third kappa shape index (κ3) is 2.34. The number of benzene rings is 4. The number of rotatable bonds is 3. The van der Waals surface area contributed by atoms with Gasteiger partial charge in [-0.1, -0.05) is 67.3 Å². The molecular formula is C25H19NS. The molecular weight excluding hydrogens is 346 g/mol. The predicted octanol–water partition coefficient (Wildman–Crippen LogP) is 7.82. The summed E-state index contributed by atoms with van der Waals surface area (Å²) in [6.45, 7) is 8.10. The average Bonchev–Trinajstić information content (AvgIpc) is 2.98. The number of nitrogens with zero attached hydrogens (tertiary/aromatic N) is 1. The predicted molar refractivity (Wildman–Crippen MR) is 121 cm³/mol.